The van der Waals surface area contributed by atoms with E-state index in [2.05, 4.69) is 15.3 Å². The Morgan fingerprint density at radius 3 is 3.11 bits per heavy atom. The number of nitrogen functional groups attached to an aromatic ring is 1. The summed E-state index contributed by atoms with van der Waals surface area (Å²) < 4.78 is 1.88. The molecule has 3 N–H and O–H groups in total. The second-order valence-electron chi connectivity index (χ2n) is 4.22. The predicted octanol–water partition coefficient (Wildman–Crippen LogP) is 1.33. The third-order valence-corrected chi connectivity index (χ3v) is 2.84. The van der Waals surface area contributed by atoms with Gasteiger partial charge in [-0.25, -0.2) is 9.97 Å². The standard InChI is InChI=1S/C12H14ClN5O/c1-8(6-18-3-2-15-7-18)17-12(19)9-4-11(14)16-5-10(9)13/h2-5,7-8H,6H2,1H3,(H2,14,16)(H,17,19). The molecule has 1 unspecified atom stereocenters. The highest BCUT2D eigenvalue weighted by atomic mass is 35.5. The molecule has 7 heteroatoms. The number of hydrogen-bond acceptors (Lipinski definition) is 4. The fraction of sp³-hybridized carbons (Fsp3) is 0.250. The Hall–Kier alpha value is -2.08. The summed E-state index contributed by atoms with van der Waals surface area (Å²) in [5.74, 6) is -0.0106. The second-order valence-corrected chi connectivity index (χ2v) is 4.63. The van der Waals surface area contributed by atoms with E-state index < -0.39 is 0 Å². The van der Waals surface area contributed by atoms with Crippen molar-refractivity contribution < 1.29 is 4.79 Å². The molecule has 0 fully saturated rings. The van der Waals surface area contributed by atoms with Crippen LogP contribution >= 0.6 is 11.6 Å². The van der Waals surface area contributed by atoms with Crippen molar-refractivity contribution in [2.24, 2.45) is 0 Å². The number of anilines is 1. The van der Waals surface area contributed by atoms with Crippen molar-refractivity contribution in [2.75, 3.05) is 5.73 Å². The van der Waals surface area contributed by atoms with Gasteiger partial charge in [-0.05, 0) is 13.0 Å². The molecule has 2 aromatic rings. The Bertz CT molecular complexity index is 570. The van der Waals surface area contributed by atoms with Gasteiger partial charge in [-0.3, -0.25) is 4.79 Å². The Balaban J connectivity index is 2.02. The van der Waals surface area contributed by atoms with Crippen LogP contribution in [0.3, 0.4) is 0 Å². The third-order valence-electron chi connectivity index (χ3n) is 2.54. The van der Waals surface area contributed by atoms with E-state index in [1.54, 1.807) is 12.5 Å². The maximum atomic E-state index is 12.1. The van der Waals surface area contributed by atoms with Crippen molar-refractivity contribution in [3.05, 3.63) is 41.6 Å². The molecule has 1 amide bonds. The SMILES string of the molecule is CC(Cn1ccnc1)NC(=O)c1cc(N)ncc1Cl. The first-order valence-electron chi connectivity index (χ1n) is 5.74. The third kappa shape index (κ3) is 3.45. The van der Waals surface area contributed by atoms with Crippen molar-refractivity contribution in [1.29, 1.82) is 0 Å². The number of nitrogens with two attached hydrogens (primary N) is 1. The molecule has 19 heavy (non-hydrogen) atoms. The summed E-state index contributed by atoms with van der Waals surface area (Å²) in [6, 6.07) is 1.40. The number of rotatable bonds is 4. The summed E-state index contributed by atoms with van der Waals surface area (Å²) in [6.07, 6.45) is 6.58. The molecule has 2 rings (SSSR count). The van der Waals surface area contributed by atoms with Gasteiger partial charge in [0.05, 0.1) is 16.9 Å². The zero-order valence-electron chi connectivity index (χ0n) is 10.4. The number of imidazole rings is 1. The van der Waals surface area contributed by atoms with E-state index in [0.29, 0.717) is 12.1 Å². The first-order valence-corrected chi connectivity index (χ1v) is 6.11. The van der Waals surface area contributed by atoms with Gasteiger partial charge in [0.2, 0.25) is 0 Å². The lowest BCUT2D eigenvalue weighted by Gasteiger charge is -2.15. The van der Waals surface area contributed by atoms with Crippen molar-refractivity contribution in [2.45, 2.75) is 19.5 Å². The molecule has 0 aliphatic carbocycles. The molecule has 0 saturated carbocycles. The lowest BCUT2D eigenvalue weighted by Crippen LogP contribution is -2.35. The highest BCUT2D eigenvalue weighted by Crippen LogP contribution is 2.16. The molecular weight excluding hydrogens is 266 g/mol. The molecule has 0 aromatic carbocycles. The van der Waals surface area contributed by atoms with Crippen molar-refractivity contribution in [3.63, 3.8) is 0 Å². The number of carbonyl (C=O) groups is 1. The number of halogens is 1. The summed E-state index contributed by atoms with van der Waals surface area (Å²) in [4.78, 5) is 19.8. The predicted molar refractivity (Wildman–Crippen MR) is 72.8 cm³/mol. The number of hydrogen-bond donors (Lipinski definition) is 2. The van der Waals surface area contributed by atoms with E-state index in [4.69, 9.17) is 17.3 Å². The fourth-order valence-corrected chi connectivity index (χ4v) is 1.88. The van der Waals surface area contributed by atoms with Gasteiger partial charge in [0.25, 0.3) is 5.91 Å². The highest BCUT2D eigenvalue weighted by Gasteiger charge is 2.14. The number of amides is 1. The Morgan fingerprint density at radius 1 is 1.63 bits per heavy atom. The van der Waals surface area contributed by atoms with Gasteiger partial charge in [-0.15, -0.1) is 0 Å². The molecule has 0 aliphatic rings. The Morgan fingerprint density at radius 2 is 2.42 bits per heavy atom. The maximum absolute atomic E-state index is 12.1. The first-order chi connectivity index (χ1) is 9.06. The number of nitrogens with zero attached hydrogens (tertiary/aromatic N) is 3. The summed E-state index contributed by atoms with van der Waals surface area (Å²) in [7, 11) is 0. The fourth-order valence-electron chi connectivity index (χ4n) is 1.69. The van der Waals surface area contributed by atoms with E-state index in [9.17, 15) is 4.79 Å². The Kier molecular flexibility index (Phi) is 4.01. The van der Waals surface area contributed by atoms with Crippen LogP contribution in [0.15, 0.2) is 31.0 Å². The van der Waals surface area contributed by atoms with Crippen molar-refractivity contribution >= 4 is 23.3 Å². The van der Waals surface area contributed by atoms with Gasteiger partial charge in [-0.2, -0.15) is 0 Å². The van der Waals surface area contributed by atoms with Crippen LogP contribution in [0.25, 0.3) is 0 Å². The molecule has 0 radical (unpaired) electrons. The summed E-state index contributed by atoms with van der Waals surface area (Å²) in [5, 5.41) is 3.13. The molecule has 0 aliphatic heterocycles. The summed E-state index contributed by atoms with van der Waals surface area (Å²) >= 11 is 5.92. The van der Waals surface area contributed by atoms with E-state index in [0.717, 1.165) is 0 Å². The monoisotopic (exact) mass is 279 g/mol. The number of pyridine rings is 1. The van der Waals surface area contributed by atoms with Crippen LogP contribution in [0.1, 0.15) is 17.3 Å². The first kappa shape index (κ1) is 13.4. The van der Waals surface area contributed by atoms with Crippen LogP contribution in [-0.2, 0) is 6.54 Å². The number of nitrogens with one attached hydrogen (secondary N) is 1. The van der Waals surface area contributed by atoms with Crippen molar-refractivity contribution in [3.8, 4) is 0 Å². The lowest BCUT2D eigenvalue weighted by atomic mass is 10.2. The topological polar surface area (TPSA) is 85.8 Å². The number of aromatic nitrogens is 3. The molecule has 1 atom stereocenters. The zero-order valence-corrected chi connectivity index (χ0v) is 11.1. The second kappa shape index (κ2) is 5.71. The van der Waals surface area contributed by atoms with Crippen LogP contribution in [-0.4, -0.2) is 26.5 Å². The van der Waals surface area contributed by atoms with Gasteiger partial charge in [-0.1, -0.05) is 11.6 Å². The van der Waals surface area contributed by atoms with E-state index >= 15 is 0 Å². The van der Waals surface area contributed by atoms with Crippen LogP contribution in [0.2, 0.25) is 5.02 Å². The molecular formula is C12H14ClN5O. The van der Waals surface area contributed by atoms with Crippen LogP contribution in [0.4, 0.5) is 5.82 Å². The molecule has 2 heterocycles. The largest absolute Gasteiger partial charge is 0.384 e. The van der Waals surface area contributed by atoms with Crippen molar-refractivity contribution in [1.82, 2.24) is 19.9 Å². The van der Waals surface area contributed by atoms with Gasteiger partial charge >= 0.3 is 0 Å². The van der Waals surface area contributed by atoms with Crippen LogP contribution in [0, 0.1) is 0 Å². The Labute approximate surface area is 115 Å². The minimum Gasteiger partial charge on any atom is -0.384 e. The maximum Gasteiger partial charge on any atom is 0.253 e. The van der Waals surface area contributed by atoms with Gasteiger partial charge in [0, 0.05) is 31.2 Å². The molecule has 6 nitrogen and oxygen atoms in total. The lowest BCUT2D eigenvalue weighted by molar-refractivity contribution is 0.0937. The van der Waals surface area contributed by atoms with E-state index in [1.165, 1.54) is 12.3 Å². The normalized spacial score (nSPS) is 12.1. The van der Waals surface area contributed by atoms with Crippen LogP contribution < -0.4 is 11.1 Å². The molecule has 100 valence electrons. The minimum atomic E-state index is -0.272. The smallest absolute Gasteiger partial charge is 0.253 e. The summed E-state index contributed by atoms with van der Waals surface area (Å²) in [5.41, 5.74) is 5.87. The van der Waals surface area contributed by atoms with Gasteiger partial charge in [0.1, 0.15) is 5.82 Å². The van der Waals surface area contributed by atoms with Crippen LogP contribution in [0.5, 0.6) is 0 Å². The van der Waals surface area contributed by atoms with Gasteiger partial charge < -0.3 is 15.6 Å². The number of carbonyl (C=O) groups excluding carboxylic acids is 1. The molecule has 2 aromatic heterocycles. The quantitative estimate of drug-likeness (QED) is 0.884. The zero-order chi connectivity index (χ0) is 13.8. The summed E-state index contributed by atoms with van der Waals surface area (Å²) in [6.45, 7) is 2.53. The minimum absolute atomic E-state index is 0.0628. The van der Waals surface area contributed by atoms with E-state index in [1.807, 2.05) is 17.7 Å². The average Bonchev–Trinajstić information content (AvgIpc) is 2.84. The van der Waals surface area contributed by atoms with Gasteiger partial charge in [0.15, 0.2) is 0 Å². The molecule has 0 bridgehead atoms. The highest BCUT2D eigenvalue weighted by molar-refractivity contribution is 6.33. The van der Waals surface area contributed by atoms with E-state index in [-0.39, 0.29) is 22.8 Å². The molecule has 0 spiro atoms. The molecule has 0 saturated heterocycles. The average molecular weight is 280 g/mol.